The van der Waals surface area contributed by atoms with E-state index in [0.29, 0.717) is 12.1 Å². The number of halogens is 1. The molecule has 0 spiro atoms. The summed E-state index contributed by atoms with van der Waals surface area (Å²) in [6.45, 7) is 4.29. The van der Waals surface area contributed by atoms with E-state index < -0.39 is 10.8 Å². The lowest BCUT2D eigenvalue weighted by Crippen LogP contribution is -2.52. The minimum Gasteiger partial charge on any atom is -0.350 e. The highest BCUT2D eigenvalue weighted by Crippen LogP contribution is 2.56. The molecule has 4 rings (SSSR count). The molecule has 1 fully saturated rings. The van der Waals surface area contributed by atoms with Crippen LogP contribution in [0, 0.1) is 5.82 Å². The zero-order chi connectivity index (χ0) is 18.5. The third kappa shape index (κ3) is 2.69. The fourth-order valence-corrected chi connectivity index (χ4v) is 5.28. The summed E-state index contributed by atoms with van der Waals surface area (Å²) in [7, 11) is 0. The first kappa shape index (κ1) is 17.1. The fourth-order valence-electron chi connectivity index (χ4n) is 3.69. The maximum Gasteiger partial charge on any atom is 0.256 e. The largest absolute Gasteiger partial charge is 0.350 e. The first-order valence-electron chi connectivity index (χ1n) is 8.50. The van der Waals surface area contributed by atoms with Crippen LogP contribution >= 0.6 is 11.8 Å². The van der Waals surface area contributed by atoms with E-state index in [4.69, 9.17) is 0 Å². The molecule has 0 saturated carbocycles. The van der Waals surface area contributed by atoms with E-state index in [2.05, 4.69) is 5.32 Å². The van der Waals surface area contributed by atoms with E-state index in [0.717, 1.165) is 11.1 Å². The topological polar surface area (TPSA) is 49.4 Å². The Bertz CT molecular complexity index is 882. The van der Waals surface area contributed by atoms with Gasteiger partial charge in [0.05, 0.1) is 0 Å². The monoisotopic (exact) mass is 370 g/mol. The molecular weight excluding hydrogens is 351 g/mol. The Morgan fingerprint density at radius 1 is 1.19 bits per heavy atom. The normalized spacial score (nSPS) is 22.9. The lowest BCUT2D eigenvalue weighted by atomic mass is 10.0. The number of thioether (sulfide) groups is 1. The second kappa shape index (κ2) is 6.13. The zero-order valence-electron chi connectivity index (χ0n) is 14.5. The number of nitrogens with zero attached hydrogens (tertiary/aromatic N) is 1. The SMILES string of the molecule is CC1(C)S[C@@H]2c3ccccc3C(=O)N2[C@H]1C(=O)NCc1ccc(F)cc1. The van der Waals surface area contributed by atoms with Gasteiger partial charge in [0.25, 0.3) is 5.91 Å². The Morgan fingerprint density at radius 3 is 2.62 bits per heavy atom. The van der Waals surface area contributed by atoms with Crippen LogP contribution in [-0.4, -0.2) is 27.5 Å². The summed E-state index contributed by atoms with van der Waals surface area (Å²) in [6.07, 6.45) is 0. The van der Waals surface area contributed by atoms with Crippen molar-refractivity contribution in [1.29, 1.82) is 0 Å². The van der Waals surface area contributed by atoms with Gasteiger partial charge in [0.2, 0.25) is 5.91 Å². The summed E-state index contributed by atoms with van der Waals surface area (Å²) in [4.78, 5) is 27.5. The molecule has 2 aliphatic rings. The number of fused-ring (bicyclic) bond motifs is 3. The van der Waals surface area contributed by atoms with Crippen molar-refractivity contribution in [2.24, 2.45) is 0 Å². The van der Waals surface area contributed by atoms with E-state index in [1.54, 1.807) is 28.8 Å². The van der Waals surface area contributed by atoms with Crippen LogP contribution in [0.15, 0.2) is 48.5 Å². The highest BCUT2D eigenvalue weighted by Gasteiger charge is 2.57. The summed E-state index contributed by atoms with van der Waals surface area (Å²) in [5.74, 6) is -0.585. The van der Waals surface area contributed by atoms with Crippen LogP contribution in [0.2, 0.25) is 0 Å². The van der Waals surface area contributed by atoms with Crippen LogP contribution in [0.25, 0.3) is 0 Å². The van der Waals surface area contributed by atoms with Gasteiger partial charge in [-0.3, -0.25) is 9.59 Å². The van der Waals surface area contributed by atoms with Crippen molar-refractivity contribution in [3.05, 3.63) is 71.0 Å². The van der Waals surface area contributed by atoms with Gasteiger partial charge in [0.1, 0.15) is 17.2 Å². The smallest absolute Gasteiger partial charge is 0.256 e. The molecule has 0 aliphatic carbocycles. The van der Waals surface area contributed by atoms with Crippen molar-refractivity contribution in [2.75, 3.05) is 0 Å². The number of nitrogens with one attached hydrogen (secondary N) is 1. The molecule has 1 saturated heterocycles. The van der Waals surface area contributed by atoms with Gasteiger partial charge in [-0.1, -0.05) is 30.3 Å². The number of hydrogen-bond donors (Lipinski definition) is 1. The summed E-state index contributed by atoms with van der Waals surface area (Å²) in [5, 5.41) is 2.78. The van der Waals surface area contributed by atoms with Crippen LogP contribution in [-0.2, 0) is 11.3 Å². The highest BCUT2D eigenvalue weighted by atomic mass is 32.2. The second-order valence-electron chi connectivity index (χ2n) is 7.12. The van der Waals surface area contributed by atoms with Gasteiger partial charge >= 0.3 is 0 Å². The molecule has 2 aliphatic heterocycles. The number of amides is 2. The summed E-state index contributed by atoms with van der Waals surface area (Å²) < 4.78 is 12.6. The average molecular weight is 370 g/mol. The third-order valence-corrected chi connectivity index (χ3v) is 6.46. The van der Waals surface area contributed by atoms with Gasteiger partial charge in [-0.2, -0.15) is 0 Å². The molecule has 2 atom stereocenters. The first-order chi connectivity index (χ1) is 12.4. The zero-order valence-corrected chi connectivity index (χ0v) is 15.3. The average Bonchev–Trinajstić information content (AvgIpc) is 3.04. The standard InChI is InChI=1S/C20H19FN2O2S/c1-20(2)16(17(24)22-11-12-7-9-13(21)10-8-12)23-18(25)14-5-3-4-6-15(14)19(23)26-20/h3-10,16,19H,11H2,1-2H3,(H,22,24)/t16-,19+/m0/s1. The summed E-state index contributed by atoms with van der Waals surface area (Å²) in [5.41, 5.74) is 2.47. The molecule has 0 radical (unpaired) electrons. The van der Waals surface area contributed by atoms with E-state index >= 15 is 0 Å². The highest BCUT2D eigenvalue weighted by molar-refractivity contribution is 8.01. The van der Waals surface area contributed by atoms with Crippen LogP contribution in [0.1, 0.15) is 40.7 Å². The van der Waals surface area contributed by atoms with E-state index in [1.807, 2.05) is 38.1 Å². The van der Waals surface area contributed by atoms with Gasteiger partial charge in [-0.05, 0) is 43.2 Å². The van der Waals surface area contributed by atoms with Crippen LogP contribution in [0.3, 0.4) is 0 Å². The molecule has 0 aromatic heterocycles. The fraction of sp³-hybridized carbons (Fsp3) is 0.300. The summed E-state index contributed by atoms with van der Waals surface area (Å²) >= 11 is 1.64. The lowest BCUT2D eigenvalue weighted by Gasteiger charge is -2.29. The minimum atomic E-state index is -0.558. The third-order valence-electron chi connectivity index (χ3n) is 4.92. The van der Waals surface area contributed by atoms with Gasteiger partial charge < -0.3 is 10.2 Å². The van der Waals surface area contributed by atoms with Gasteiger partial charge in [-0.15, -0.1) is 11.8 Å². The molecule has 134 valence electrons. The van der Waals surface area contributed by atoms with Gasteiger partial charge in [0.15, 0.2) is 0 Å². The molecule has 4 nitrogen and oxygen atoms in total. The van der Waals surface area contributed by atoms with Crippen molar-refractivity contribution in [3.63, 3.8) is 0 Å². The molecule has 2 aromatic carbocycles. The molecule has 2 aromatic rings. The number of benzene rings is 2. The maximum atomic E-state index is 13.0. The minimum absolute atomic E-state index is 0.0920. The van der Waals surface area contributed by atoms with Crippen LogP contribution < -0.4 is 5.32 Å². The van der Waals surface area contributed by atoms with Gasteiger partial charge in [0, 0.05) is 16.9 Å². The van der Waals surface area contributed by atoms with Crippen LogP contribution in [0.4, 0.5) is 4.39 Å². The van der Waals surface area contributed by atoms with Crippen LogP contribution in [0.5, 0.6) is 0 Å². The maximum absolute atomic E-state index is 13.0. The Labute approximate surface area is 155 Å². The molecule has 26 heavy (non-hydrogen) atoms. The number of hydrogen-bond acceptors (Lipinski definition) is 3. The Morgan fingerprint density at radius 2 is 1.88 bits per heavy atom. The molecule has 2 amide bonds. The van der Waals surface area contributed by atoms with E-state index in [1.165, 1.54) is 12.1 Å². The number of rotatable bonds is 3. The molecule has 1 N–H and O–H groups in total. The first-order valence-corrected chi connectivity index (χ1v) is 9.38. The molecular formula is C20H19FN2O2S. The molecule has 0 bridgehead atoms. The summed E-state index contributed by atoms with van der Waals surface area (Å²) in [6, 6.07) is 13.0. The predicted molar refractivity (Wildman–Crippen MR) is 99.1 cm³/mol. The number of carbonyl (C=O) groups is 2. The molecule has 2 heterocycles. The van der Waals surface area contributed by atoms with Crippen molar-refractivity contribution in [1.82, 2.24) is 10.2 Å². The Balaban J connectivity index is 1.56. The van der Waals surface area contributed by atoms with Crippen molar-refractivity contribution >= 4 is 23.6 Å². The van der Waals surface area contributed by atoms with Crippen molar-refractivity contribution in [3.8, 4) is 0 Å². The van der Waals surface area contributed by atoms with E-state index in [9.17, 15) is 14.0 Å². The quantitative estimate of drug-likeness (QED) is 0.900. The van der Waals surface area contributed by atoms with Gasteiger partial charge in [-0.25, -0.2) is 4.39 Å². The number of carbonyl (C=O) groups excluding carboxylic acids is 2. The lowest BCUT2D eigenvalue weighted by molar-refractivity contribution is -0.126. The van der Waals surface area contributed by atoms with Crippen molar-refractivity contribution < 1.29 is 14.0 Å². The van der Waals surface area contributed by atoms with E-state index in [-0.39, 0.29) is 23.0 Å². The second-order valence-corrected chi connectivity index (χ2v) is 8.85. The van der Waals surface area contributed by atoms with Crippen molar-refractivity contribution in [2.45, 2.75) is 36.6 Å². The Hall–Kier alpha value is -2.34. The Kier molecular flexibility index (Phi) is 4.03. The molecule has 6 heteroatoms. The predicted octanol–water partition coefficient (Wildman–Crippen LogP) is 3.49. The molecule has 0 unspecified atom stereocenters.